The lowest BCUT2D eigenvalue weighted by atomic mass is 10.1. The zero-order valence-electron chi connectivity index (χ0n) is 12.7. The Morgan fingerprint density at radius 2 is 1.80 bits per heavy atom. The van der Waals surface area contributed by atoms with Crippen LogP contribution in [0.15, 0.2) is 57.9 Å². The highest BCUT2D eigenvalue weighted by Gasteiger charge is 2.20. The predicted molar refractivity (Wildman–Crippen MR) is 88.2 cm³/mol. The molecule has 0 bridgehead atoms. The Morgan fingerprint density at radius 1 is 1.12 bits per heavy atom. The van der Waals surface area contributed by atoms with Gasteiger partial charge in [0.25, 0.3) is 5.91 Å². The minimum Gasteiger partial charge on any atom is -0.504 e. The molecular formula is C18H12NO6. The van der Waals surface area contributed by atoms with Crippen LogP contribution in [-0.2, 0) is 4.79 Å². The fraction of sp³-hybridized carbons (Fsp3) is 0.0556. The van der Waals surface area contributed by atoms with Crippen LogP contribution >= 0.6 is 0 Å². The Balaban J connectivity index is 1.97. The molecule has 1 radical (unpaired) electrons. The van der Waals surface area contributed by atoms with Gasteiger partial charge in [0, 0.05) is 6.07 Å². The van der Waals surface area contributed by atoms with Crippen LogP contribution in [0.1, 0.15) is 22.0 Å². The number of carbonyl (C=O) groups is 1. The summed E-state index contributed by atoms with van der Waals surface area (Å²) in [6, 6.07) is 9.47. The van der Waals surface area contributed by atoms with Crippen LogP contribution in [0.5, 0.6) is 11.5 Å². The average Bonchev–Trinajstić information content (AvgIpc) is 2.62. The molecule has 0 fully saturated rings. The third kappa shape index (κ3) is 3.07. The summed E-state index contributed by atoms with van der Waals surface area (Å²) in [6.45, 7) is 0. The van der Waals surface area contributed by atoms with Gasteiger partial charge in [-0.3, -0.25) is 14.4 Å². The van der Waals surface area contributed by atoms with E-state index in [-0.39, 0.29) is 16.5 Å². The summed E-state index contributed by atoms with van der Waals surface area (Å²) in [7, 11) is 0. The largest absolute Gasteiger partial charge is 0.504 e. The third-order valence-electron chi connectivity index (χ3n) is 3.64. The molecule has 3 rings (SSSR count). The van der Waals surface area contributed by atoms with E-state index in [1.54, 1.807) is 36.6 Å². The molecule has 25 heavy (non-hydrogen) atoms. The topological polar surface area (TPSA) is 117 Å². The SMILES string of the molecule is O=[C]C(NC(=O)c1coc2cc(O)c(O)cc2c1=O)c1ccccc1. The van der Waals surface area contributed by atoms with Gasteiger partial charge in [0.1, 0.15) is 23.5 Å². The number of benzene rings is 2. The highest BCUT2D eigenvalue weighted by atomic mass is 16.3. The van der Waals surface area contributed by atoms with Gasteiger partial charge in [-0.25, -0.2) is 0 Å². The van der Waals surface area contributed by atoms with Crippen molar-refractivity contribution in [3.8, 4) is 11.5 Å². The second kappa shape index (κ2) is 6.48. The number of phenols is 2. The minimum absolute atomic E-state index is 0.0124. The number of aromatic hydroxyl groups is 2. The lowest BCUT2D eigenvalue weighted by molar-refractivity contribution is 0.0943. The Morgan fingerprint density at radius 3 is 2.48 bits per heavy atom. The lowest BCUT2D eigenvalue weighted by Gasteiger charge is -2.12. The van der Waals surface area contributed by atoms with Crippen molar-refractivity contribution < 1.29 is 24.2 Å². The van der Waals surface area contributed by atoms with E-state index in [1.807, 2.05) is 0 Å². The van der Waals surface area contributed by atoms with Gasteiger partial charge < -0.3 is 19.9 Å². The predicted octanol–water partition coefficient (Wildman–Crippen LogP) is 1.78. The first kappa shape index (κ1) is 16.3. The Hall–Kier alpha value is -3.61. The monoisotopic (exact) mass is 338 g/mol. The summed E-state index contributed by atoms with van der Waals surface area (Å²) in [5.74, 6) is -1.78. The smallest absolute Gasteiger partial charge is 0.259 e. The van der Waals surface area contributed by atoms with Crippen LogP contribution in [0.4, 0.5) is 0 Å². The summed E-state index contributed by atoms with van der Waals surface area (Å²) in [5, 5.41) is 21.3. The molecule has 0 aliphatic carbocycles. The van der Waals surface area contributed by atoms with Crippen LogP contribution < -0.4 is 10.7 Å². The zero-order valence-corrected chi connectivity index (χ0v) is 12.7. The summed E-state index contributed by atoms with van der Waals surface area (Å²) in [5.41, 5.74) is -0.516. The molecule has 0 saturated heterocycles. The lowest BCUT2D eigenvalue weighted by Crippen LogP contribution is -2.32. The summed E-state index contributed by atoms with van der Waals surface area (Å²) >= 11 is 0. The van der Waals surface area contributed by atoms with Crippen LogP contribution in [-0.4, -0.2) is 22.4 Å². The number of phenolic OH excluding ortho intramolecular Hbond substituents is 2. The number of amides is 1. The number of hydrogen-bond donors (Lipinski definition) is 3. The maximum absolute atomic E-state index is 12.4. The summed E-state index contributed by atoms with van der Waals surface area (Å²) in [4.78, 5) is 35.9. The molecule has 1 atom stereocenters. The van der Waals surface area contributed by atoms with E-state index in [1.165, 1.54) is 0 Å². The van der Waals surface area contributed by atoms with Crippen molar-refractivity contribution in [2.45, 2.75) is 6.04 Å². The van der Waals surface area contributed by atoms with E-state index in [0.29, 0.717) is 5.56 Å². The highest BCUT2D eigenvalue weighted by Crippen LogP contribution is 2.28. The molecule has 125 valence electrons. The molecule has 0 aliphatic rings. The van der Waals surface area contributed by atoms with Gasteiger partial charge >= 0.3 is 0 Å². The van der Waals surface area contributed by atoms with E-state index in [0.717, 1.165) is 18.4 Å². The summed E-state index contributed by atoms with van der Waals surface area (Å²) < 4.78 is 5.17. The molecule has 3 N–H and O–H groups in total. The van der Waals surface area contributed by atoms with Crippen LogP contribution in [0.25, 0.3) is 11.0 Å². The van der Waals surface area contributed by atoms with E-state index in [4.69, 9.17) is 4.42 Å². The van der Waals surface area contributed by atoms with Gasteiger partial charge in [0.15, 0.2) is 11.5 Å². The minimum atomic E-state index is -1.04. The molecule has 2 aromatic carbocycles. The summed E-state index contributed by atoms with van der Waals surface area (Å²) in [6.07, 6.45) is 2.64. The fourth-order valence-electron chi connectivity index (χ4n) is 2.35. The maximum atomic E-state index is 12.4. The molecule has 1 aromatic heterocycles. The average molecular weight is 338 g/mol. The van der Waals surface area contributed by atoms with Gasteiger partial charge in [-0.1, -0.05) is 30.3 Å². The maximum Gasteiger partial charge on any atom is 0.259 e. The van der Waals surface area contributed by atoms with E-state index in [2.05, 4.69) is 5.32 Å². The van der Waals surface area contributed by atoms with Gasteiger partial charge in [-0.05, 0) is 11.6 Å². The standard InChI is InChI=1S/C18H12NO6/c20-8-13(10-4-2-1-3-5-10)19-18(24)12-9-25-16-7-15(22)14(21)6-11(16)17(12)23/h1-7,9,13,21-22H,(H,19,24). The first-order valence-corrected chi connectivity index (χ1v) is 7.22. The van der Waals surface area contributed by atoms with Crippen molar-refractivity contribution in [3.63, 3.8) is 0 Å². The Bertz CT molecular complexity index is 1010. The molecule has 0 spiro atoms. The second-order valence-electron chi connectivity index (χ2n) is 5.25. The highest BCUT2D eigenvalue weighted by molar-refractivity contribution is 5.98. The first-order chi connectivity index (χ1) is 12.0. The van der Waals surface area contributed by atoms with E-state index < -0.39 is 28.9 Å². The van der Waals surface area contributed by atoms with Gasteiger partial charge in [0.05, 0.1) is 5.39 Å². The van der Waals surface area contributed by atoms with Crippen molar-refractivity contribution in [1.82, 2.24) is 5.32 Å². The number of hydrogen-bond acceptors (Lipinski definition) is 6. The van der Waals surface area contributed by atoms with Gasteiger partial charge in [-0.2, -0.15) is 0 Å². The number of fused-ring (bicyclic) bond motifs is 1. The van der Waals surface area contributed by atoms with Crippen LogP contribution in [0, 0.1) is 0 Å². The molecule has 1 heterocycles. The van der Waals surface area contributed by atoms with Crippen LogP contribution in [0.3, 0.4) is 0 Å². The van der Waals surface area contributed by atoms with Gasteiger partial charge in [-0.15, -0.1) is 0 Å². The first-order valence-electron chi connectivity index (χ1n) is 7.22. The molecule has 7 heteroatoms. The third-order valence-corrected chi connectivity index (χ3v) is 3.64. The number of rotatable bonds is 4. The zero-order chi connectivity index (χ0) is 18.0. The molecule has 0 saturated carbocycles. The molecule has 7 nitrogen and oxygen atoms in total. The number of nitrogens with one attached hydrogen (secondary N) is 1. The van der Waals surface area contributed by atoms with Crippen molar-refractivity contribution >= 4 is 23.2 Å². The van der Waals surface area contributed by atoms with Gasteiger partial charge in [0.2, 0.25) is 11.7 Å². The molecular weight excluding hydrogens is 326 g/mol. The van der Waals surface area contributed by atoms with Crippen LogP contribution in [0.2, 0.25) is 0 Å². The van der Waals surface area contributed by atoms with Crippen molar-refractivity contribution in [1.29, 1.82) is 0 Å². The second-order valence-corrected chi connectivity index (χ2v) is 5.25. The molecule has 0 aliphatic heterocycles. The van der Waals surface area contributed by atoms with Crippen molar-refractivity contribution in [3.05, 3.63) is 70.1 Å². The quantitative estimate of drug-likeness (QED) is 0.624. The fourth-order valence-corrected chi connectivity index (χ4v) is 2.35. The number of carbonyl (C=O) groups excluding carboxylic acids is 2. The van der Waals surface area contributed by atoms with Crippen molar-refractivity contribution in [2.24, 2.45) is 0 Å². The van der Waals surface area contributed by atoms with Crippen molar-refractivity contribution in [2.75, 3.05) is 0 Å². The van der Waals surface area contributed by atoms with E-state index in [9.17, 15) is 24.6 Å². The Kier molecular flexibility index (Phi) is 4.21. The molecule has 1 unspecified atom stereocenters. The van der Waals surface area contributed by atoms with E-state index >= 15 is 0 Å². The Labute approximate surface area is 141 Å². The normalized spacial score (nSPS) is 11.8. The molecule has 3 aromatic rings. The molecule has 1 amide bonds.